The normalized spacial score (nSPS) is 11.8. The van der Waals surface area contributed by atoms with Gasteiger partial charge in [0.1, 0.15) is 0 Å². The Bertz CT molecular complexity index is 644. The first-order valence-corrected chi connectivity index (χ1v) is 6.35. The number of nitrogens with zero attached hydrogens (tertiary/aromatic N) is 1. The van der Waals surface area contributed by atoms with E-state index < -0.39 is 10.7 Å². The summed E-state index contributed by atoms with van der Waals surface area (Å²) in [6.07, 6.45) is 0. The molecule has 0 aliphatic heterocycles. The first-order chi connectivity index (χ1) is 10.0. The van der Waals surface area contributed by atoms with Crippen LogP contribution < -0.4 is 10.1 Å². The molecule has 1 unspecified atom stereocenters. The number of anilines is 1. The molecular formula is C15H15FN2O3. The predicted molar refractivity (Wildman–Crippen MR) is 78.1 cm³/mol. The van der Waals surface area contributed by atoms with Crippen molar-refractivity contribution in [3.05, 3.63) is 64.0 Å². The molecule has 110 valence electrons. The second kappa shape index (κ2) is 6.21. The van der Waals surface area contributed by atoms with Crippen LogP contribution >= 0.6 is 0 Å². The van der Waals surface area contributed by atoms with Crippen molar-refractivity contribution in [1.29, 1.82) is 0 Å². The zero-order valence-electron chi connectivity index (χ0n) is 11.7. The van der Waals surface area contributed by atoms with Gasteiger partial charge in [0.2, 0.25) is 0 Å². The maximum absolute atomic E-state index is 13.4. The highest BCUT2D eigenvalue weighted by Gasteiger charge is 2.10. The van der Waals surface area contributed by atoms with Crippen molar-refractivity contribution in [3.8, 4) is 5.75 Å². The molecule has 5 nitrogen and oxygen atoms in total. The number of benzene rings is 2. The van der Waals surface area contributed by atoms with Crippen LogP contribution in [0.5, 0.6) is 5.75 Å². The Kier molecular flexibility index (Phi) is 4.37. The van der Waals surface area contributed by atoms with Crippen molar-refractivity contribution < 1.29 is 14.1 Å². The molecule has 0 spiro atoms. The fraction of sp³-hybridized carbons (Fsp3) is 0.200. The molecule has 0 fully saturated rings. The molecule has 0 amide bonds. The average molecular weight is 290 g/mol. The summed E-state index contributed by atoms with van der Waals surface area (Å²) in [6.45, 7) is 1.91. The minimum atomic E-state index is -0.446. The average Bonchev–Trinajstić information content (AvgIpc) is 2.48. The molecule has 6 heteroatoms. The largest absolute Gasteiger partial charge is 0.494 e. The first kappa shape index (κ1) is 14.8. The van der Waals surface area contributed by atoms with Gasteiger partial charge in [0.05, 0.1) is 12.0 Å². The molecule has 0 radical (unpaired) electrons. The van der Waals surface area contributed by atoms with Crippen LogP contribution in [0.1, 0.15) is 18.5 Å². The van der Waals surface area contributed by atoms with Crippen molar-refractivity contribution in [1.82, 2.24) is 0 Å². The van der Waals surface area contributed by atoms with Crippen LogP contribution in [0.15, 0.2) is 42.5 Å². The van der Waals surface area contributed by atoms with Gasteiger partial charge < -0.3 is 10.1 Å². The Morgan fingerprint density at radius 3 is 2.48 bits per heavy atom. The molecule has 21 heavy (non-hydrogen) atoms. The maximum atomic E-state index is 13.4. The van der Waals surface area contributed by atoms with Crippen LogP contribution in [0.3, 0.4) is 0 Å². The first-order valence-electron chi connectivity index (χ1n) is 6.35. The Balaban J connectivity index is 2.13. The van der Waals surface area contributed by atoms with Crippen LogP contribution in [0.25, 0.3) is 0 Å². The van der Waals surface area contributed by atoms with Crippen molar-refractivity contribution in [2.45, 2.75) is 13.0 Å². The monoisotopic (exact) mass is 290 g/mol. The van der Waals surface area contributed by atoms with Gasteiger partial charge in [-0.2, -0.15) is 0 Å². The molecule has 1 atom stereocenters. The molecule has 1 N–H and O–H groups in total. The van der Waals surface area contributed by atoms with Crippen LogP contribution in [0, 0.1) is 15.9 Å². The van der Waals surface area contributed by atoms with Gasteiger partial charge >= 0.3 is 0 Å². The summed E-state index contributed by atoms with van der Waals surface area (Å²) in [5.41, 5.74) is 1.64. The van der Waals surface area contributed by atoms with Gasteiger partial charge in [-0.3, -0.25) is 10.1 Å². The van der Waals surface area contributed by atoms with Gasteiger partial charge in [-0.1, -0.05) is 6.07 Å². The SMILES string of the molecule is COc1cc(C(C)Nc2ccc([N+](=O)[O-])cc2)ccc1F. The molecule has 2 rings (SSSR count). The zero-order valence-corrected chi connectivity index (χ0v) is 11.7. The lowest BCUT2D eigenvalue weighted by atomic mass is 10.1. The third-order valence-electron chi connectivity index (χ3n) is 3.14. The third kappa shape index (κ3) is 3.47. The molecule has 2 aromatic carbocycles. The fourth-order valence-electron chi connectivity index (χ4n) is 1.96. The molecule has 0 saturated heterocycles. The number of nitro benzene ring substituents is 1. The highest BCUT2D eigenvalue weighted by atomic mass is 19.1. The summed E-state index contributed by atoms with van der Waals surface area (Å²) in [5, 5.41) is 13.8. The molecule has 0 aliphatic rings. The molecule has 0 bridgehead atoms. The third-order valence-corrected chi connectivity index (χ3v) is 3.14. The lowest BCUT2D eigenvalue weighted by Crippen LogP contribution is -2.07. The Morgan fingerprint density at radius 1 is 1.24 bits per heavy atom. The van der Waals surface area contributed by atoms with Crippen LogP contribution in [-0.4, -0.2) is 12.0 Å². The van der Waals surface area contributed by atoms with E-state index >= 15 is 0 Å². The van der Waals surface area contributed by atoms with E-state index in [4.69, 9.17) is 4.74 Å². The predicted octanol–water partition coefficient (Wildman–Crippen LogP) is 3.92. The lowest BCUT2D eigenvalue weighted by Gasteiger charge is -2.16. The van der Waals surface area contributed by atoms with Gasteiger partial charge in [0.25, 0.3) is 5.69 Å². The van der Waals surface area contributed by atoms with Crippen LogP contribution in [0.2, 0.25) is 0 Å². The number of methoxy groups -OCH3 is 1. The highest BCUT2D eigenvalue weighted by molar-refractivity contribution is 5.50. The minimum absolute atomic E-state index is 0.0386. The van der Waals surface area contributed by atoms with Gasteiger partial charge in [-0.15, -0.1) is 0 Å². The van der Waals surface area contributed by atoms with Crippen LogP contribution in [-0.2, 0) is 0 Å². The van der Waals surface area contributed by atoms with E-state index in [9.17, 15) is 14.5 Å². The number of hydrogen-bond donors (Lipinski definition) is 1. The van der Waals surface area contributed by atoms with Crippen molar-refractivity contribution >= 4 is 11.4 Å². The summed E-state index contributed by atoms with van der Waals surface area (Å²) >= 11 is 0. The van der Waals surface area contributed by atoms with Gasteiger partial charge in [-0.05, 0) is 36.8 Å². The summed E-state index contributed by atoms with van der Waals surface area (Å²) in [4.78, 5) is 10.1. The van der Waals surface area contributed by atoms with Gasteiger partial charge in [0.15, 0.2) is 11.6 Å². The number of rotatable bonds is 5. The van der Waals surface area contributed by atoms with Crippen molar-refractivity contribution in [2.24, 2.45) is 0 Å². The van der Waals surface area contributed by atoms with E-state index in [1.54, 1.807) is 24.3 Å². The number of nitrogens with one attached hydrogen (secondary N) is 1. The quantitative estimate of drug-likeness (QED) is 0.669. The minimum Gasteiger partial charge on any atom is -0.494 e. The number of halogens is 1. The van der Waals surface area contributed by atoms with E-state index in [-0.39, 0.29) is 17.5 Å². The van der Waals surface area contributed by atoms with E-state index in [1.807, 2.05) is 6.92 Å². The lowest BCUT2D eigenvalue weighted by molar-refractivity contribution is -0.384. The molecule has 0 aliphatic carbocycles. The van der Waals surface area contributed by atoms with Crippen molar-refractivity contribution in [3.63, 3.8) is 0 Å². The zero-order chi connectivity index (χ0) is 15.4. The standard InChI is InChI=1S/C15H15FN2O3/c1-10(11-3-8-14(16)15(9-11)21-2)17-12-4-6-13(7-5-12)18(19)20/h3-10,17H,1-2H3. The maximum Gasteiger partial charge on any atom is 0.269 e. The summed E-state index contributed by atoms with van der Waals surface area (Å²) in [7, 11) is 1.41. The molecule has 2 aromatic rings. The Labute approximate surface area is 121 Å². The molecule has 0 saturated carbocycles. The van der Waals surface area contributed by atoms with E-state index in [2.05, 4.69) is 5.32 Å². The Hall–Kier alpha value is -2.63. The van der Waals surface area contributed by atoms with Gasteiger partial charge in [-0.25, -0.2) is 4.39 Å². The van der Waals surface area contributed by atoms with E-state index in [1.165, 1.54) is 25.3 Å². The summed E-state index contributed by atoms with van der Waals surface area (Å²) < 4.78 is 18.3. The van der Waals surface area contributed by atoms with Crippen molar-refractivity contribution in [2.75, 3.05) is 12.4 Å². The number of non-ortho nitro benzene ring substituents is 1. The molecule has 0 heterocycles. The number of ether oxygens (including phenoxy) is 1. The van der Waals surface area contributed by atoms with Crippen LogP contribution in [0.4, 0.5) is 15.8 Å². The fourth-order valence-corrected chi connectivity index (χ4v) is 1.96. The summed E-state index contributed by atoms with van der Waals surface area (Å²) in [6, 6.07) is 10.7. The molecular weight excluding hydrogens is 275 g/mol. The van der Waals surface area contributed by atoms with Gasteiger partial charge in [0, 0.05) is 23.9 Å². The van der Waals surface area contributed by atoms with E-state index in [0.717, 1.165) is 11.3 Å². The number of hydrogen-bond acceptors (Lipinski definition) is 4. The summed E-state index contributed by atoms with van der Waals surface area (Å²) in [5.74, 6) is -0.228. The highest BCUT2D eigenvalue weighted by Crippen LogP contribution is 2.25. The number of nitro groups is 1. The Morgan fingerprint density at radius 2 is 1.90 bits per heavy atom. The smallest absolute Gasteiger partial charge is 0.269 e. The van der Waals surface area contributed by atoms with E-state index in [0.29, 0.717) is 0 Å². The molecule has 0 aromatic heterocycles. The second-order valence-corrected chi connectivity index (χ2v) is 4.56. The topological polar surface area (TPSA) is 64.4 Å². The second-order valence-electron chi connectivity index (χ2n) is 4.56.